The Hall–Kier alpha value is -1.43. The Bertz CT molecular complexity index is 491. The number of halogens is 1. The summed E-state index contributed by atoms with van der Waals surface area (Å²) >= 11 is 3.31. The number of hydrogen-bond acceptors (Lipinski definition) is 4. The van der Waals surface area contributed by atoms with Crippen molar-refractivity contribution in [2.45, 2.75) is 26.3 Å². The van der Waals surface area contributed by atoms with Crippen LogP contribution in [0.2, 0.25) is 0 Å². The van der Waals surface area contributed by atoms with Gasteiger partial charge in [-0.2, -0.15) is 0 Å². The normalized spacial score (nSPS) is 10.9. The highest BCUT2D eigenvalue weighted by Crippen LogP contribution is 2.11. The fourth-order valence-corrected chi connectivity index (χ4v) is 1.91. The van der Waals surface area contributed by atoms with Gasteiger partial charge in [-0.15, -0.1) is 0 Å². The molecule has 2 rings (SSSR count). The van der Waals surface area contributed by atoms with E-state index in [1.165, 1.54) is 0 Å². The van der Waals surface area contributed by atoms with E-state index >= 15 is 0 Å². The van der Waals surface area contributed by atoms with Gasteiger partial charge < -0.3 is 9.88 Å². The molecule has 0 aliphatic rings. The molecule has 0 amide bonds. The van der Waals surface area contributed by atoms with E-state index in [9.17, 15) is 0 Å². The van der Waals surface area contributed by atoms with Crippen molar-refractivity contribution in [1.82, 2.24) is 19.5 Å². The maximum atomic E-state index is 4.35. The molecule has 0 atom stereocenters. The topological polar surface area (TPSA) is 55.6 Å². The van der Waals surface area contributed by atoms with Gasteiger partial charge in [0, 0.05) is 43.8 Å². The molecule has 5 nitrogen and oxygen atoms in total. The van der Waals surface area contributed by atoms with E-state index in [0.717, 1.165) is 23.4 Å². The number of hydrogen-bond donors (Lipinski definition) is 1. The van der Waals surface area contributed by atoms with Crippen molar-refractivity contribution in [3.8, 4) is 0 Å². The average molecular weight is 310 g/mol. The van der Waals surface area contributed by atoms with Gasteiger partial charge in [0.1, 0.15) is 5.82 Å². The van der Waals surface area contributed by atoms with Crippen LogP contribution in [-0.2, 0) is 6.54 Å². The quantitative estimate of drug-likeness (QED) is 0.922. The lowest BCUT2D eigenvalue weighted by molar-refractivity contribution is 0.635. The van der Waals surface area contributed by atoms with Crippen molar-refractivity contribution in [3.63, 3.8) is 0 Å². The highest BCUT2D eigenvalue weighted by atomic mass is 79.9. The first-order chi connectivity index (χ1) is 8.66. The summed E-state index contributed by atoms with van der Waals surface area (Å²) in [5.41, 5.74) is 0. The molecular formula is C12H16BrN5. The molecule has 0 aliphatic heterocycles. The third-order valence-corrected chi connectivity index (χ3v) is 2.93. The van der Waals surface area contributed by atoms with Crippen LogP contribution in [0.4, 0.5) is 5.95 Å². The van der Waals surface area contributed by atoms with Crippen LogP contribution in [0.1, 0.15) is 25.6 Å². The van der Waals surface area contributed by atoms with Gasteiger partial charge in [0.05, 0.1) is 4.47 Å². The molecule has 6 heteroatoms. The Morgan fingerprint density at radius 1 is 1.28 bits per heavy atom. The summed E-state index contributed by atoms with van der Waals surface area (Å²) in [4.78, 5) is 12.7. The van der Waals surface area contributed by atoms with Gasteiger partial charge in [-0.3, -0.25) is 0 Å². The van der Waals surface area contributed by atoms with Gasteiger partial charge in [-0.05, 0) is 15.9 Å². The van der Waals surface area contributed by atoms with Crippen LogP contribution in [0.5, 0.6) is 0 Å². The molecule has 0 unspecified atom stereocenters. The van der Waals surface area contributed by atoms with Gasteiger partial charge in [0.25, 0.3) is 0 Å². The number of nitrogens with one attached hydrogen (secondary N) is 1. The van der Waals surface area contributed by atoms with E-state index in [1.807, 2.05) is 12.4 Å². The summed E-state index contributed by atoms with van der Waals surface area (Å²) in [6, 6.07) is 0. The highest BCUT2D eigenvalue weighted by molar-refractivity contribution is 9.10. The predicted octanol–water partition coefficient (Wildman–Crippen LogP) is 2.67. The Balaban J connectivity index is 1.88. The van der Waals surface area contributed by atoms with Gasteiger partial charge in [-0.25, -0.2) is 15.0 Å². The minimum Gasteiger partial charge on any atom is -0.352 e. The number of imidazole rings is 1. The first kappa shape index (κ1) is 13.0. The second-order valence-electron chi connectivity index (χ2n) is 4.29. The summed E-state index contributed by atoms with van der Waals surface area (Å²) in [7, 11) is 0. The summed E-state index contributed by atoms with van der Waals surface area (Å²) in [5.74, 6) is 2.18. The molecule has 0 radical (unpaired) electrons. The monoisotopic (exact) mass is 309 g/mol. The summed E-state index contributed by atoms with van der Waals surface area (Å²) in [5, 5.41) is 3.18. The maximum absolute atomic E-state index is 4.35. The second-order valence-corrected chi connectivity index (χ2v) is 5.20. The predicted molar refractivity (Wildman–Crippen MR) is 74.5 cm³/mol. The van der Waals surface area contributed by atoms with Gasteiger partial charge in [0.2, 0.25) is 5.95 Å². The molecule has 0 aliphatic carbocycles. The summed E-state index contributed by atoms with van der Waals surface area (Å²) in [6.45, 7) is 5.92. The number of rotatable bonds is 5. The fourth-order valence-electron chi connectivity index (χ4n) is 1.70. The zero-order valence-corrected chi connectivity index (χ0v) is 12.1. The van der Waals surface area contributed by atoms with Crippen molar-refractivity contribution >= 4 is 21.9 Å². The molecule has 2 aromatic heterocycles. The molecule has 96 valence electrons. The molecule has 0 saturated heterocycles. The molecule has 0 aromatic carbocycles. The Kier molecular flexibility index (Phi) is 4.30. The van der Waals surface area contributed by atoms with Crippen molar-refractivity contribution in [1.29, 1.82) is 0 Å². The van der Waals surface area contributed by atoms with E-state index in [4.69, 9.17) is 0 Å². The largest absolute Gasteiger partial charge is 0.352 e. The lowest BCUT2D eigenvalue weighted by Crippen LogP contribution is -2.14. The zero-order chi connectivity index (χ0) is 13.0. The summed E-state index contributed by atoms with van der Waals surface area (Å²) < 4.78 is 3.03. The summed E-state index contributed by atoms with van der Waals surface area (Å²) in [6.07, 6.45) is 7.29. The molecule has 2 aromatic rings. The first-order valence-corrected chi connectivity index (χ1v) is 6.68. The van der Waals surface area contributed by atoms with Crippen LogP contribution in [0.15, 0.2) is 29.3 Å². The van der Waals surface area contributed by atoms with E-state index in [2.05, 4.69) is 54.6 Å². The molecular weight excluding hydrogens is 294 g/mol. The highest BCUT2D eigenvalue weighted by Gasteiger charge is 2.06. The Morgan fingerprint density at radius 3 is 2.67 bits per heavy atom. The third-order valence-electron chi connectivity index (χ3n) is 2.52. The number of nitrogens with zero attached hydrogens (tertiary/aromatic N) is 4. The van der Waals surface area contributed by atoms with Crippen molar-refractivity contribution in [3.05, 3.63) is 35.1 Å². The molecule has 0 saturated carbocycles. The Morgan fingerprint density at radius 2 is 2.00 bits per heavy atom. The van der Waals surface area contributed by atoms with E-state index in [-0.39, 0.29) is 0 Å². The lowest BCUT2D eigenvalue weighted by atomic mass is 10.2. The van der Waals surface area contributed by atoms with Crippen LogP contribution in [0.25, 0.3) is 0 Å². The maximum Gasteiger partial charge on any atom is 0.222 e. The standard InChI is InChI=1S/C12H16BrN5/c1-9(2)11-14-3-5-18(11)6-4-15-12-16-7-10(13)8-17-12/h3,5,7-9H,4,6H2,1-2H3,(H,15,16,17). The van der Waals surface area contributed by atoms with Crippen molar-refractivity contribution in [2.75, 3.05) is 11.9 Å². The zero-order valence-electron chi connectivity index (χ0n) is 10.5. The molecule has 0 fully saturated rings. The number of anilines is 1. The molecule has 2 heterocycles. The van der Waals surface area contributed by atoms with Gasteiger partial charge in [-0.1, -0.05) is 13.8 Å². The average Bonchev–Trinajstić information content (AvgIpc) is 2.80. The Labute approximate surface area is 115 Å². The second kappa shape index (κ2) is 5.95. The van der Waals surface area contributed by atoms with Crippen LogP contribution in [0, 0.1) is 0 Å². The van der Waals surface area contributed by atoms with Crippen LogP contribution >= 0.6 is 15.9 Å². The smallest absolute Gasteiger partial charge is 0.222 e. The number of aromatic nitrogens is 4. The molecule has 0 bridgehead atoms. The van der Waals surface area contributed by atoms with E-state index in [0.29, 0.717) is 11.9 Å². The van der Waals surface area contributed by atoms with E-state index in [1.54, 1.807) is 12.4 Å². The van der Waals surface area contributed by atoms with E-state index < -0.39 is 0 Å². The van der Waals surface area contributed by atoms with Gasteiger partial charge >= 0.3 is 0 Å². The van der Waals surface area contributed by atoms with Crippen molar-refractivity contribution < 1.29 is 0 Å². The molecule has 1 N–H and O–H groups in total. The van der Waals surface area contributed by atoms with Crippen molar-refractivity contribution in [2.24, 2.45) is 0 Å². The minimum absolute atomic E-state index is 0.434. The SMILES string of the molecule is CC(C)c1nccn1CCNc1ncc(Br)cn1. The minimum atomic E-state index is 0.434. The van der Waals surface area contributed by atoms with Crippen LogP contribution < -0.4 is 5.32 Å². The fraction of sp³-hybridized carbons (Fsp3) is 0.417. The van der Waals surface area contributed by atoms with Gasteiger partial charge in [0.15, 0.2) is 0 Å². The first-order valence-electron chi connectivity index (χ1n) is 5.89. The lowest BCUT2D eigenvalue weighted by Gasteiger charge is -2.10. The molecule has 0 spiro atoms. The third kappa shape index (κ3) is 3.29. The van der Waals surface area contributed by atoms with Crippen LogP contribution in [-0.4, -0.2) is 26.1 Å². The molecule has 18 heavy (non-hydrogen) atoms. The van der Waals surface area contributed by atoms with Crippen LogP contribution in [0.3, 0.4) is 0 Å².